The highest BCUT2D eigenvalue weighted by Gasteiger charge is 2.40. The minimum Gasteiger partial charge on any atom is -0.422 e. The predicted octanol–water partition coefficient (Wildman–Crippen LogP) is 5.52. The quantitative estimate of drug-likeness (QED) is 0.465. The third-order valence-corrected chi connectivity index (χ3v) is 5.56. The fourth-order valence-electron chi connectivity index (χ4n) is 3.92. The van der Waals surface area contributed by atoms with Crippen molar-refractivity contribution in [2.24, 2.45) is 5.92 Å². The van der Waals surface area contributed by atoms with E-state index in [0.717, 1.165) is 33.2 Å². The lowest BCUT2D eigenvalue weighted by molar-refractivity contribution is 0.437. The van der Waals surface area contributed by atoms with Gasteiger partial charge in [-0.25, -0.2) is 0 Å². The lowest BCUT2D eigenvalue weighted by atomic mass is 9.78. The molecule has 4 aromatic rings. The molecule has 2 heterocycles. The number of H-pyrrole nitrogens is 1. The molecule has 0 amide bonds. The maximum absolute atomic E-state index is 9.85. The van der Waals surface area contributed by atoms with Gasteiger partial charge in [-0.3, -0.25) is 10.5 Å². The molecule has 1 aromatic heterocycles. The van der Waals surface area contributed by atoms with E-state index in [0.29, 0.717) is 10.9 Å². The molecule has 1 aliphatic heterocycles. The van der Waals surface area contributed by atoms with Gasteiger partial charge in [-0.05, 0) is 28.5 Å². The van der Waals surface area contributed by atoms with Gasteiger partial charge in [0.2, 0.25) is 11.8 Å². The Bertz CT molecular complexity index is 1290. The number of nitriles is 1. The molecule has 2 N–H and O–H groups in total. The van der Waals surface area contributed by atoms with Crippen molar-refractivity contribution in [2.45, 2.75) is 5.92 Å². The Morgan fingerprint density at radius 3 is 2.55 bits per heavy atom. The fraction of sp³-hybridized carbons (Fsp3) is 0.0870. The first kappa shape index (κ1) is 17.5. The summed E-state index contributed by atoms with van der Waals surface area (Å²) in [6.07, 6.45) is 0. The number of halogens is 1. The van der Waals surface area contributed by atoms with E-state index in [4.69, 9.17) is 21.7 Å². The van der Waals surface area contributed by atoms with E-state index in [1.807, 2.05) is 54.6 Å². The van der Waals surface area contributed by atoms with E-state index in [9.17, 15) is 5.26 Å². The zero-order valence-electron chi connectivity index (χ0n) is 15.2. The molecule has 0 fully saturated rings. The lowest BCUT2D eigenvalue weighted by Crippen LogP contribution is -2.30. The van der Waals surface area contributed by atoms with Crippen molar-refractivity contribution >= 4 is 28.3 Å². The number of nitrogens with one attached hydrogen (secondary N) is 2. The first-order valence-electron chi connectivity index (χ1n) is 9.14. The molecule has 5 nitrogen and oxygen atoms in total. The van der Waals surface area contributed by atoms with Crippen molar-refractivity contribution in [3.63, 3.8) is 0 Å². The van der Waals surface area contributed by atoms with E-state index >= 15 is 0 Å². The first-order chi connectivity index (χ1) is 14.2. The molecule has 0 saturated carbocycles. The number of nitrogens with zero attached hydrogens (tertiary/aromatic N) is 2. The number of rotatable bonds is 2. The number of ether oxygens (including phenoxy) is 1. The molecule has 29 heavy (non-hydrogen) atoms. The Morgan fingerprint density at radius 1 is 1.03 bits per heavy atom. The highest BCUT2D eigenvalue weighted by molar-refractivity contribution is 6.30. The summed E-state index contributed by atoms with van der Waals surface area (Å²) in [5.74, 6) is -0.866. The SMILES string of the molecule is N#CC1C(=N)Oc2n[nH]c(-c3ccc(Cl)cc3)c2C1c1ccc2ccccc2c1. The Labute approximate surface area is 172 Å². The van der Waals surface area contributed by atoms with Crippen LogP contribution in [0.25, 0.3) is 22.0 Å². The van der Waals surface area contributed by atoms with Crippen LogP contribution in [0.3, 0.4) is 0 Å². The Morgan fingerprint density at radius 2 is 1.79 bits per heavy atom. The summed E-state index contributed by atoms with van der Waals surface area (Å²) in [6, 6.07) is 23.9. The molecule has 0 spiro atoms. The van der Waals surface area contributed by atoms with Gasteiger partial charge in [0.05, 0.1) is 17.3 Å². The van der Waals surface area contributed by atoms with Gasteiger partial charge >= 0.3 is 0 Å². The minimum absolute atomic E-state index is 0.0904. The largest absolute Gasteiger partial charge is 0.422 e. The molecular weight excluding hydrogens is 384 g/mol. The van der Waals surface area contributed by atoms with Crippen LogP contribution in [-0.2, 0) is 0 Å². The molecule has 0 aliphatic carbocycles. The number of benzene rings is 3. The Kier molecular flexibility index (Phi) is 4.08. The van der Waals surface area contributed by atoms with Gasteiger partial charge in [-0.2, -0.15) is 5.26 Å². The summed E-state index contributed by atoms with van der Waals surface area (Å²) in [7, 11) is 0. The second kappa shape index (κ2) is 6.77. The first-order valence-corrected chi connectivity index (χ1v) is 9.52. The molecule has 2 atom stereocenters. The molecule has 0 bridgehead atoms. The van der Waals surface area contributed by atoms with Crippen molar-refractivity contribution in [2.75, 3.05) is 0 Å². The molecule has 2 unspecified atom stereocenters. The normalized spacial score (nSPS) is 18.1. The van der Waals surface area contributed by atoms with E-state index in [1.165, 1.54) is 0 Å². The molecular formula is C23H15ClN4O. The Balaban J connectivity index is 1.73. The van der Waals surface area contributed by atoms with Gasteiger partial charge in [-0.1, -0.05) is 66.2 Å². The standard InChI is InChI=1S/C23H15ClN4O/c24-17-9-7-14(8-10-17)21-20-19(18(12-25)22(26)29-23(20)28-27-21)16-6-5-13-3-1-2-4-15(13)11-16/h1-11,18-19,26H,(H,27,28). The molecule has 0 saturated heterocycles. The van der Waals surface area contributed by atoms with Gasteiger partial charge in [0.25, 0.3) is 0 Å². The summed E-state index contributed by atoms with van der Waals surface area (Å²) in [4.78, 5) is 0. The van der Waals surface area contributed by atoms with Gasteiger partial charge in [0.1, 0.15) is 5.92 Å². The lowest BCUT2D eigenvalue weighted by Gasteiger charge is -2.28. The van der Waals surface area contributed by atoms with Gasteiger partial charge in [0, 0.05) is 16.5 Å². The zero-order chi connectivity index (χ0) is 20.0. The highest BCUT2D eigenvalue weighted by atomic mass is 35.5. The van der Waals surface area contributed by atoms with E-state index in [1.54, 1.807) is 0 Å². The maximum atomic E-state index is 9.85. The second-order valence-electron chi connectivity index (χ2n) is 6.98. The number of hydrogen-bond donors (Lipinski definition) is 2. The van der Waals surface area contributed by atoms with Crippen LogP contribution in [0.4, 0.5) is 0 Å². The average Bonchev–Trinajstić information content (AvgIpc) is 3.16. The van der Waals surface area contributed by atoms with Crippen LogP contribution in [0.1, 0.15) is 17.0 Å². The van der Waals surface area contributed by atoms with E-state index in [2.05, 4.69) is 28.4 Å². The van der Waals surface area contributed by atoms with Crippen LogP contribution in [0.2, 0.25) is 5.02 Å². The summed E-state index contributed by atoms with van der Waals surface area (Å²) in [5.41, 5.74) is 3.39. The minimum atomic E-state index is -0.743. The van der Waals surface area contributed by atoms with E-state index in [-0.39, 0.29) is 11.8 Å². The van der Waals surface area contributed by atoms with Gasteiger partial charge in [0.15, 0.2) is 0 Å². The van der Waals surface area contributed by atoms with E-state index < -0.39 is 5.92 Å². The second-order valence-corrected chi connectivity index (χ2v) is 7.42. The molecule has 0 radical (unpaired) electrons. The molecule has 5 rings (SSSR count). The third-order valence-electron chi connectivity index (χ3n) is 5.31. The van der Waals surface area contributed by atoms with Crippen LogP contribution < -0.4 is 4.74 Å². The average molecular weight is 399 g/mol. The Hall–Kier alpha value is -3.62. The zero-order valence-corrected chi connectivity index (χ0v) is 15.9. The number of aromatic nitrogens is 2. The van der Waals surface area contributed by atoms with Crippen LogP contribution in [0.15, 0.2) is 66.7 Å². The summed E-state index contributed by atoms with van der Waals surface area (Å²) in [6.45, 7) is 0. The van der Waals surface area contributed by atoms with Crippen LogP contribution in [-0.4, -0.2) is 16.1 Å². The summed E-state index contributed by atoms with van der Waals surface area (Å²) >= 11 is 6.04. The van der Waals surface area contributed by atoms with Gasteiger partial charge < -0.3 is 4.74 Å². The monoisotopic (exact) mass is 398 g/mol. The maximum Gasteiger partial charge on any atom is 0.244 e. The highest BCUT2D eigenvalue weighted by Crippen LogP contribution is 2.46. The molecule has 140 valence electrons. The molecule has 6 heteroatoms. The van der Waals surface area contributed by atoms with Crippen molar-refractivity contribution < 1.29 is 4.74 Å². The summed E-state index contributed by atoms with van der Waals surface area (Å²) < 4.78 is 5.59. The summed E-state index contributed by atoms with van der Waals surface area (Å²) in [5, 5.41) is 28.2. The predicted molar refractivity (Wildman–Crippen MR) is 112 cm³/mol. The topological polar surface area (TPSA) is 85.6 Å². The van der Waals surface area contributed by atoms with Crippen LogP contribution in [0.5, 0.6) is 5.88 Å². The smallest absolute Gasteiger partial charge is 0.244 e. The van der Waals surface area contributed by atoms with Crippen molar-refractivity contribution in [3.05, 3.63) is 82.9 Å². The number of fused-ring (bicyclic) bond motifs is 2. The third kappa shape index (κ3) is 2.86. The fourth-order valence-corrected chi connectivity index (χ4v) is 4.04. The van der Waals surface area contributed by atoms with Crippen molar-refractivity contribution in [3.8, 4) is 23.2 Å². The molecule has 1 aliphatic rings. The van der Waals surface area contributed by atoms with Crippen molar-refractivity contribution in [1.82, 2.24) is 10.2 Å². The van der Waals surface area contributed by atoms with Gasteiger partial charge in [-0.15, -0.1) is 5.10 Å². The number of hydrogen-bond acceptors (Lipinski definition) is 4. The van der Waals surface area contributed by atoms with Crippen LogP contribution in [0, 0.1) is 22.7 Å². The number of aromatic amines is 1. The van der Waals surface area contributed by atoms with Crippen LogP contribution >= 0.6 is 11.6 Å². The molecule has 3 aromatic carbocycles. The van der Waals surface area contributed by atoms with Crippen molar-refractivity contribution in [1.29, 1.82) is 10.7 Å².